The maximum absolute atomic E-state index is 14.3. The molecule has 0 aliphatic heterocycles. The van der Waals surface area contributed by atoms with Crippen LogP contribution in [0.25, 0.3) is 17.1 Å². The molecule has 0 saturated carbocycles. The smallest absolute Gasteiger partial charge is 0.336 e. The molecule has 0 bridgehead atoms. The van der Waals surface area contributed by atoms with Gasteiger partial charge in [0.2, 0.25) is 5.91 Å². The number of anilines is 1. The van der Waals surface area contributed by atoms with Gasteiger partial charge in [0.15, 0.2) is 5.82 Å². The quantitative estimate of drug-likeness (QED) is 0.647. The van der Waals surface area contributed by atoms with Crippen LogP contribution >= 0.6 is 11.6 Å². The van der Waals surface area contributed by atoms with Crippen molar-refractivity contribution in [2.45, 2.75) is 19.2 Å². The van der Waals surface area contributed by atoms with Gasteiger partial charge in [-0.3, -0.25) is 4.79 Å². The third-order valence-corrected chi connectivity index (χ3v) is 3.91. The van der Waals surface area contributed by atoms with Crippen LogP contribution in [-0.2, 0) is 4.79 Å². The maximum Gasteiger partial charge on any atom is 0.336 e. The summed E-state index contributed by atoms with van der Waals surface area (Å²) in [5.41, 5.74) is 1.54. The summed E-state index contributed by atoms with van der Waals surface area (Å²) in [4.78, 5) is 16.0. The lowest BCUT2D eigenvalue weighted by Gasteiger charge is -2.09. The number of nitrogens with zero attached hydrogens (tertiary/aromatic N) is 3. The van der Waals surface area contributed by atoms with Crippen molar-refractivity contribution < 1.29 is 13.9 Å². The van der Waals surface area contributed by atoms with Crippen molar-refractivity contribution in [2.24, 2.45) is 0 Å². The molecule has 6 nitrogen and oxygen atoms in total. The molecule has 0 radical (unpaired) electrons. The molecule has 1 amide bonds. The zero-order chi connectivity index (χ0) is 19.4. The zero-order valence-corrected chi connectivity index (χ0v) is 15.6. The molecule has 8 heteroatoms. The lowest BCUT2D eigenvalue weighted by Crippen LogP contribution is -2.20. The highest BCUT2D eigenvalue weighted by Gasteiger charge is 2.17. The van der Waals surface area contributed by atoms with Gasteiger partial charge in [0.25, 0.3) is 0 Å². The molecule has 1 heterocycles. The Morgan fingerprint density at radius 2 is 1.96 bits per heavy atom. The Balaban J connectivity index is 1.98. The van der Waals surface area contributed by atoms with Crippen molar-refractivity contribution in [3.63, 3.8) is 0 Å². The molecule has 3 aromatic rings. The van der Waals surface area contributed by atoms with Crippen LogP contribution in [0.3, 0.4) is 0 Å². The van der Waals surface area contributed by atoms with Crippen molar-refractivity contribution in [3.05, 3.63) is 54.3 Å². The van der Waals surface area contributed by atoms with E-state index in [4.69, 9.17) is 16.3 Å². The van der Waals surface area contributed by atoms with Gasteiger partial charge in [-0.15, -0.1) is 16.7 Å². The Bertz CT molecular complexity index is 941. The predicted octanol–water partition coefficient (Wildman–Crippen LogP) is 4.04. The van der Waals surface area contributed by atoms with Crippen molar-refractivity contribution >= 4 is 23.2 Å². The van der Waals surface area contributed by atoms with Gasteiger partial charge in [0, 0.05) is 5.69 Å². The van der Waals surface area contributed by atoms with E-state index in [2.05, 4.69) is 15.4 Å². The van der Waals surface area contributed by atoms with E-state index in [-0.39, 0.29) is 11.9 Å². The highest BCUT2D eigenvalue weighted by Crippen LogP contribution is 2.26. The summed E-state index contributed by atoms with van der Waals surface area (Å²) in [5, 5.41) is 6.38. The molecule has 3 rings (SSSR count). The number of hydrogen-bond acceptors (Lipinski definition) is 4. The Morgan fingerprint density at radius 3 is 2.59 bits per heavy atom. The predicted molar refractivity (Wildman–Crippen MR) is 102 cm³/mol. The molecule has 0 spiro atoms. The van der Waals surface area contributed by atoms with E-state index in [0.29, 0.717) is 29.4 Å². The fourth-order valence-electron chi connectivity index (χ4n) is 2.41. The van der Waals surface area contributed by atoms with E-state index < -0.39 is 11.2 Å². The van der Waals surface area contributed by atoms with Crippen molar-refractivity contribution in [2.75, 3.05) is 11.9 Å². The van der Waals surface area contributed by atoms with Gasteiger partial charge >= 0.3 is 6.01 Å². The minimum atomic E-state index is -0.638. The van der Waals surface area contributed by atoms with Crippen LogP contribution in [-0.4, -0.2) is 32.7 Å². The molecule has 1 N–H and O–H groups in total. The first-order valence-corrected chi connectivity index (χ1v) is 8.83. The molecule has 1 atom stereocenters. The summed E-state index contributed by atoms with van der Waals surface area (Å²) in [6.07, 6.45) is 0. The number of ether oxygens (including phenoxy) is 1. The molecule has 0 saturated heterocycles. The molecule has 27 heavy (non-hydrogen) atoms. The van der Waals surface area contributed by atoms with Gasteiger partial charge in [0.1, 0.15) is 11.2 Å². The van der Waals surface area contributed by atoms with E-state index in [0.717, 1.165) is 0 Å². The van der Waals surface area contributed by atoms with E-state index in [1.807, 2.05) is 6.92 Å². The van der Waals surface area contributed by atoms with Crippen LogP contribution in [0, 0.1) is 5.82 Å². The number of hydrogen-bond donors (Lipinski definition) is 1. The number of carbonyl (C=O) groups excluding carboxylic acids is 1. The van der Waals surface area contributed by atoms with Crippen molar-refractivity contribution in [1.82, 2.24) is 14.8 Å². The third-order valence-electron chi connectivity index (χ3n) is 3.72. The third kappa shape index (κ3) is 4.25. The molecule has 1 aromatic heterocycles. The maximum atomic E-state index is 14.3. The second-order valence-electron chi connectivity index (χ2n) is 5.69. The minimum absolute atomic E-state index is 0.157. The first-order chi connectivity index (χ1) is 13.0. The first-order valence-electron chi connectivity index (χ1n) is 8.39. The molecule has 0 fully saturated rings. The fourth-order valence-corrected chi connectivity index (χ4v) is 2.46. The van der Waals surface area contributed by atoms with Crippen LogP contribution in [0.1, 0.15) is 13.8 Å². The summed E-state index contributed by atoms with van der Waals surface area (Å²) in [5.74, 6) is -0.382. The van der Waals surface area contributed by atoms with E-state index >= 15 is 0 Å². The first kappa shape index (κ1) is 18.8. The Hall–Kier alpha value is -2.93. The number of rotatable bonds is 6. The summed E-state index contributed by atoms with van der Waals surface area (Å²) in [6.45, 7) is 3.80. The van der Waals surface area contributed by atoms with Gasteiger partial charge in [-0.05, 0) is 50.2 Å². The molecule has 140 valence electrons. The molecule has 0 aliphatic carbocycles. The normalized spacial score (nSPS) is 11.9. The van der Waals surface area contributed by atoms with Gasteiger partial charge < -0.3 is 10.1 Å². The number of aromatic nitrogens is 3. The SMILES string of the molecule is CCOc1nc(-c2ccccc2F)n(-c2ccc(NC(=O)[C@H](C)Cl)cc2)n1. The number of nitrogens with one attached hydrogen (secondary N) is 1. The zero-order valence-electron chi connectivity index (χ0n) is 14.8. The number of alkyl halides is 1. The number of benzene rings is 2. The number of halogens is 2. The number of amides is 1. The Morgan fingerprint density at radius 1 is 1.26 bits per heavy atom. The molecular weight excluding hydrogens is 371 g/mol. The van der Waals surface area contributed by atoms with E-state index in [1.54, 1.807) is 49.4 Å². The highest BCUT2D eigenvalue weighted by atomic mass is 35.5. The van der Waals surface area contributed by atoms with Crippen LogP contribution in [0.5, 0.6) is 6.01 Å². The van der Waals surface area contributed by atoms with Gasteiger partial charge in [-0.2, -0.15) is 4.98 Å². The molecule has 0 unspecified atom stereocenters. The van der Waals surface area contributed by atoms with Gasteiger partial charge in [0.05, 0.1) is 17.9 Å². The van der Waals surface area contributed by atoms with Crippen LogP contribution in [0.15, 0.2) is 48.5 Å². The Labute approximate surface area is 160 Å². The Kier molecular flexibility index (Phi) is 5.71. The highest BCUT2D eigenvalue weighted by molar-refractivity contribution is 6.32. The van der Waals surface area contributed by atoms with E-state index in [9.17, 15) is 9.18 Å². The summed E-state index contributed by atoms with van der Waals surface area (Å²) >= 11 is 5.76. The summed E-state index contributed by atoms with van der Waals surface area (Å²) < 4.78 is 21.1. The topological polar surface area (TPSA) is 69.0 Å². The van der Waals surface area contributed by atoms with Gasteiger partial charge in [-0.1, -0.05) is 12.1 Å². The fraction of sp³-hybridized carbons (Fsp3) is 0.211. The summed E-state index contributed by atoms with van der Waals surface area (Å²) in [6, 6.07) is 13.4. The average Bonchev–Trinajstić information content (AvgIpc) is 3.06. The molecule has 0 aliphatic rings. The average molecular weight is 389 g/mol. The van der Waals surface area contributed by atoms with Crippen LogP contribution in [0.2, 0.25) is 0 Å². The lowest BCUT2D eigenvalue weighted by molar-refractivity contribution is -0.115. The van der Waals surface area contributed by atoms with Gasteiger partial charge in [-0.25, -0.2) is 9.07 Å². The monoisotopic (exact) mass is 388 g/mol. The largest absolute Gasteiger partial charge is 0.463 e. The second kappa shape index (κ2) is 8.18. The number of carbonyl (C=O) groups is 1. The van der Waals surface area contributed by atoms with E-state index in [1.165, 1.54) is 10.7 Å². The molecular formula is C19H18ClFN4O2. The van der Waals surface area contributed by atoms with Crippen molar-refractivity contribution in [1.29, 1.82) is 0 Å². The standard InChI is InChI=1S/C19H18ClFN4O2/c1-3-27-19-23-17(15-6-4-5-7-16(15)21)25(24-19)14-10-8-13(9-11-14)22-18(26)12(2)20/h4-12H,3H2,1-2H3,(H,22,26)/t12-/m0/s1. The van der Waals surface area contributed by atoms with Crippen LogP contribution < -0.4 is 10.1 Å². The van der Waals surface area contributed by atoms with Crippen molar-refractivity contribution in [3.8, 4) is 23.1 Å². The van der Waals surface area contributed by atoms with Crippen LogP contribution in [0.4, 0.5) is 10.1 Å². The second-order valence-corrected chi connectivity index (χ2v) is 6.35. The summed E-state index contributed by atoms with van der Waals surface area (Å²) in [7, 11) is 0. The minimum Gasteiger partial charge on any atom is -0.463 e. The lowest BCUT2D eigenvalue weighted by atomic mass is 10.2. The molecule has 2 aromatic carbocycles.